The number of nitrogens with zero attached hydrogens (tertiary/aromatic N) is 2. The molecular formula is C29H34ClN3O5S2. The fraction of sp³-hybridized carbons (Fsp3) is 0.310. The Balaban J connectivity index is 2.07. The summed E-state index contributed by atoms with van der Waals surface area (Å²) < 4.78 is 34.5. The van der Waals surface area contributed by atoms with Crippen LogP contribution in [0.2, 0.25) is 5.02 Å². The zero-order chi connectivity index (χ0) is 29.3. The van der Waals surface area contributed by atoms with Crippen molar-refractivity contribution in [2.45, 2.75) is 42.6 Å². The Morgan fingerprint density at radius 1 is 1.00 bits per heavy atom. The third kappa shape index (κ3) is 7.50. The molecule has 1 N–H and O–H groups in total. The Bertz CT molecular complexity index is 1400. The standard InChI is InChI=1S/C29H34ClN3O5S2/c1-5-27(29(35)31-3)32(19-21-9-7-8-10-26(21)30)28(34)20-33(22-11-13-23(14-12-22)38-6-2)40(36,37)25-17-15-24(39-4)16-18-25/h7-18,27H,5-6,19-20H2,1-4H3,(H,31,35). The molecule has 1 unspecified atom stereocenters. The first-order valence-electron chi connectivity index (χ1n) is 12.8. The minimum atomic E-state index is -4.16. The van der Waals surface area contributed by atoms with Crippen LogP contribution in [0, 0.1) is 0 Å². The number of amides is 2. The van der Waals surface area contributed by atoms with Gasteiger partial charge < -0.3 is 15.0 Å². The van der Waals surface area contributed by atoms with Crippen molar-refractivity contribution in [3.8, 4) is 5.75 Å². The van der Waals surface area contributed by atoms with Crippen molar-refractivity contribution in [1.29, 1.82) is 0 Å². The molecule has 0 bridgehead atoms. The highest BCUT2D eigenvalue weighted by molar-refractivity contribution is 7.98. The number of nitrogens with one attached hydrogen (secondary N) is 1. The van der Waals surface area contributed by atoms with E-state index in [2.05, 4.69) is 5.32 Å². The Kier molecular flexibility index (Phi) is 11.3. The summed E-state index contributed by atoms with van der Waals surface area (Å²) in [5.41, 5.74) is 0.930. The predicted molar refractivity (Wildman–Crippen MR) is 161 cm³/mol. The first kappa shape index (κ1) is 31.3. The van der Waals surface area contributed by atoms with Crippen LogP contribution in [0.4, 0.5) is 5.69 Å². The maximum atomic E-state index is 14.0. The number of hydrogen-bond acceptors (Lipinski definition) is 6. The predicted octanol–water partition coefficient (Wildman–Crippen LogP) is 5.21. The monoisotopic (exact) mass is 603 g/mol. The second kappa shape index (κ2) is 14.4. The molecule has 40 heavy (non-hydrogen) atoms. The van der Waals surface area contributed by atoms with Gasteiger partial charge in [0, 0.05) is 23.5 Å². The van der Waals surface area contributed by atoms with Gasteiger partial charge in [0.15, 0.2) is 0 Å². The lowest BCUT2D eigenvalue weighted by atomic mass is 10.1. The summed E-state index contributed by atoms with van der Waals surface area (Å²) >= 11 is 7.89. The highest BCUT2D eigenvalue weighted by Crippen LogP contribution is 2.28. The average molecular weight is 604 g/mol. The van der Waals surface area contributed by atoms with Gasteiger partial charge in [0.2, 0.25) is 11.8 Å². The molecule has 3 aromatic rings. The van der Waals surface area contributed by atoms with Gasteiger partial charge in [-0.2, -0.15) is 0 Å². The summed E-state index contributed by atoms with van der Waals surface area (Å²) in [6.45, 7) is 3.60. The van der Waals surface area contributed by atoms with Crippen LogP contribution >= 0.6 is 23.4 Å². The van der Waals surface area contributed by atoms with Gasteiger partial charge in [-0.3, -0.25) is 13.9 Å². The van der Waals surface area contributed by atoms with E-state index >= 15 is 0 Å². The number of rotatable bonds is 13. The molecule has 11 heteroatoms. The maximum absolute atomic E-state index is 14.0. The van der Waals surface area contributed by atoms with E-state index < -0.39 is 28.5 Å². The molecule has 0 saturated carbocycles. The second-order valence-electron chi connectivity index (χ2n) is 8.77. The van der Waals surface area contributed by atoms with E-state index in [1.165, 1.54) is 35.8 Å². The average Bonchev–Trinajstić information content (AvgIpc) is 2.97. The number of sulfonamides is 1. The Labute approximate surface area is 245 Å². The van der Waals surface area contributed by atoms with Crippen molar-refractivity contribution in [2.24, 2.45) is 0 Å². The Morgan fingerprint density at radius 2 is 1.65 bits per heavy atom. The van der Waals surface area contributed by atoms with Crippen molar-refractivity contribution < 1.29 is 22.7 Å². The van der Waals surface area contributed by atoms with E-state index in [1.54, 1.807) is 67.6 Å². The first-order valence-corrected chi connectivity index (χ1v) is 15.8. The molecule has 0 spiro atoms. The van der Waals surface area contributed by atoms with Crippen LogP contribution in [0.5, 0.6) is 5.75 Å². The van der Waals surface area contributed by atoms with Gasteiger partial charge in [-0.1, -0.05) is 36.7 Å². The van der Waals surface area contributed by atoms with Crippen molar-refractivity contribution in [3.63, 3.8) is 0 Å². The number of benzene rings is 3. The van der Waals surface area contributed by atoms with Gasteiger partial charge in [-0.05, 0) is 79.8 Å². The lowest BCUT2D eigenvalue weighted by Gasteiger charge is -2.33. The van der Waals surface area contributed by atoms with Crippen LogP contribution in [0.1, 0.15) is 25.8 Å². The molecule has 3 aromatic carbocycles. The molecule has 8 nitrogen and oxygen atoms in total. The van der Waals surface area contributed by atoms with Gasteiger partial charge in [0.1, 0.15) is 18.3 Å². The lowest BCUT2D eigenvalue weighted by molar-refractivity contribution is -0.140. The zero-order valence-corrected chi connectivity index (χ0v) is 25.4. The number of carbonyl (C=O) groups excluding carboxylic acids is 2. The fourth-order valence-corrected chi connectivity index (χ4v) is 6.19. The summed E-state index contributed by atoms with van der Waals surface area (Å²) in [7, 11) is -2.66. The maximum Gasteiger partial charge on any atom is 0.264 e. The van der Waals surface area contributed by atoms with E-state index in [4.69, 9.17) is 16.3 Å². The second-order valence-corrected chi connectivity index (χ2v) is 11.9. The number of hydrogen-bond donors (Lipinski definition) is 1. The lowest BCUT2D eigenvalue weighted by Crippen LogP contribution is -2.51. The summed E-state index contributed by atoms with van der Waals surface area (Å²) in [4.78, 5) is 29.1. The fourth-order valence-electron chi connectivity index (χ4n) is 4.18. The third-order valence-electron chi connectivity index (χ3n) is 6.29. The number of halogens is 1. The number of thioether (sulfide) groups is 1. The van der Waals surface area contributed by atoms with Gasteiger partial charge in [0.25, 0.3) is 10.0 Å². The van der Waals surface area contributed by atoms with Crippen LogP contribution < -0.4 is 14.4 Å². The molecule has 0 aliphatic carbocycles. The molecule has 214 valence electrons. The molecule has 0 fully saturated rings. The van der Waals surface area contributed by atoms with Crippen LogP contribution in [0.15, 0.2) is 82.6 Å². The third-order valence-corrected chi connectivity index (χ3v) is 9.19. The van der Waals surface area contributed by atoms with E-state index in [9.17, 15) is 18.0 Å². The summed E-state index contributed by atoms with van der Waals surface area (Å²) in [5, 5.41) is 3.05. The van der Waals surface area contributed by atoms with Gasteiger partial charge >= 0.3 is 0 Å². The van der Waals surface area contributed by atoms with Gasteiger partial charge in [0.05, 0.1) is 17.2 Å². The van der Waals surface area contributed by atoms with Crippen LogP contribution in [0.3, 0.4) is 0 Å². The van der Waals surface area contributed by atoms with Crippen LogP contribution in [0.25, 0.3) is 0 Å². The molecule has 0 aliphatic heterocycles. The number of ether oxygens (including phenoxy) is 1. The topological polar surface area (TPSA) is 96.0 Å². The molecule has 0 radical (unpaired) electrons. The van der Waals surface area contributed by atoms with E-state index in [0.717, 1.165) is 9.20 Å². The number of carbonyl (C=O) groups is 2. The molecular weight excluding hydrogens is 570 g/mol. The van der Waals surface area contributed by atoms with Gasteiger partial charge in [-0.15, -0.1) is 11.8 Å². The largest absolute Gasteiger partial charge is 0.494 e. The molecule has 1 atom stereocenters. The van der Waals surface area contributed by atoms with Gasteiger partial charge in [-0.25, -0.2) is 8.42 Å². The summed E-state index contributed by atoms with van der Waals surface area (Å²) in [6, 6.07) is 19.2. The highest BCUT2D eigenvalue weighted by Gasteiger charge is 2.33. The minimum Gasteiger partial charge on any atom is -0.494 e. The van der Waals surface area contributed by atoms with Crippen molar-refractivity contribution in [2.75, 3.05) is 30.8 Å². The SMILES string of the molecule is CCOc1ccc(N(CC(=O)N(Cc2ccccc2Cl)C(CC)C(=O)NC)S(=O)(=O)c2ccc(SC)cc2)cc1. The molecule has 3 rings (SSSR count). The van der Waals surface area contributed by atoms with Crippen molar-refractivity contribution in [1.82, 2.24) is 10.2 Å². The molecule has 0 aromatic heterocycles. The smallest absolute Gasteiger partial charge is 0.264 e. The Morgan fingerprint density at radius 3 is 2.20 bits per heavy atom. The quantitative estimate of drug-likeness (QED) is 0.270. The number of likely N-dealkylation sites (N-methyl/N-ethyl adjacent to an activating group) is 1. The van der Waals surface area contributed by atoms with E-state index in [-0.39, 0.29) is 23.0 Å². The Hall–Kier alpha value is -3.21. The summed E-state index contributed by atoms with van der Waals surface area (Å²) in [6.07, 6.45) is 2.22. The van der Waals surface area contributed by atoms with E-state index in [1.807, 2.05) is 13.2 Å². The normalized spacial score (nSPS) is 11.9. The number of anilines is 1. The van der Waals surface area contributed by atoms with Crippen molar-refractivity contribution in [3.05, 3.63) is 83.4 Å². The highest BCUT2D eigenvalue weighted by atomic mass is 35.5. The minimum absolute atomic E-state index is 0.0318. The van der Waals surface area contributed by atoms with Crippen molar-refractivity contribution >= 4 is 50.9 Å². The first-order chi connectivity index (χ1) is 19.2. The van der Waals surface area contributed by atoms with Crippen LogP contribution in [-0.4, -0.2) is 57.6 Å². The zero-order valence-electron chi connectivity index (χ0n) is 23.0. The van der Waals surface area contributed by atoms with Crippen LogP contribution in [-0.2, 0) is 26.2 Å². The molecule has 0 aliphatic rings. The molecule has 2 amide bonds. The molecule has 0 saturated heterocycles. The summed E-state index contributed by atoms with van der Waals surface area (Å²) in [5.74, 6) is -0.329. The van der Waals surface area contributed by atoms with E-state index in [0.29, 0.717) is 29.4 Å². The molecule has 0 heterocycles.